The van der Waals surface area contributed by atoms with Gasteiger partial charge in [0.25, 0.3) is 0 Å². The molecule has 2 amide bonds. The van der Waals surface area contributed by atoms with Crippen LogP contribution in [0.3, 0.4) is 0 Å². The number of hydrogen-bond donors (Lipinski definition) is 1. The van der Waals surface area contributed by atoms with Crippen LogP contribution in [0.1, 0.15) is 57.3 Å². The lowest BCUT2D eigenvalue weighted by Gasteiger charge is -2.31. The van der Waals surface area contributed by atoms with Gasteiger partial charge in [0, 0.05) is 22.3 Å². The van der Waals surface area contributed by atoms with Gasteiger partial charge >= 0.3 is 6.03 Å². The number of urea groups is 1. The normalized spacial score (nSPS) is 16.8. The lowest BCUT2D eigenvalue weighted by atomic mass is 9.95. The zero-order valence-corrected chi connectivity index (χ0v) is 20.8. The summed E-state index contributed by atoms with van der Waals surface area (Å²) in [5.74, 6) is -0.280. The molecule has 1 aliphatic carbocycles. The molecule has 0 fully saturated rings. The van der Waals surface area contributed by atoms with E-state index in [1.807, 2.05) is 48.3 Å². The smallest absolute Gasteiger partial charge is 0.310 e. The van der Waals surface area contributed by atoms with Crippen molar-refractivity contribution in [2.24, 2.45) is 0 Å². The average Bonchev–Trinajstić information content (AvgIpc) is 3.44. The number of carbonyl (C=O) groups excluding carboxylic acids is 1. The molecule has 0 radical (unpaired) electrons. The molecule has 4 aromatic rings. The summed E-state index contributed by atoms with van der Waals surface area (Å²) in [6, 6.07) is 16.3. The molecule has 2 aromatic carbocycles. The van der Waals surface area contributed by atoms with Gasteiger partial charge in [0.15, 0.2) is 0 Å². The van der Waals surface area contributed by atoms with Gasteiger partial charge in [0.2, 0.25) is 0 Å². The molecule has 0 bridgehead atoms. The number of nitrogens with one attached hydrogen (secondary N) is 1. The van der Waals surface area contributed by atoms with Gasteiger partial charge in [-0.25, -0.2) is 9.18 Å². The zero-order chi connectivity index (χ0) is 24.1. The summed E-state index contributed by atoms with van der Waals surface area (Å²) in [5, 5.41) is 4.41. The van der Waals surface area contributed by atoms with Crippen molar-refractivity contribution in [1.82, 2.24) is 9.47 Å². The molecule has 1 atom stereocenters. The van der Waals surface area contributed by atoms with Crippen molar-refractivity contribution in [3.05, 3.63) is 105 Å². The minimum atomic E-state index is -0.338. The van der Waals surface area contributed by atoms with Crippen LogP contribution in [0.4, 0.5) is 14.9 Å². The molecule has 3 heterocycles. The van der Waals surface area contributed by atoms with Crippen molar-refractivity contribution in [1.29, 1.82) is 0 Å². The second-order valence-corrected chi connectivity index (χ2v) is 10.7. The Morgan fingerprint density at radius 2 is 1.83 bits per heavy atom. The molecule has 2 aromatic heterocycles. The van der Waals surface area contributed by atoms with Crippen molar-refractivity contribution >= 4 is 23.1 Å². The molecule has 0 saturated heterocycles. The fourth-order valence-electron chi connectivity index (χ4n) is 5.44. The monoisotopic (exact) mass is 485 g/mol. The van der Waals surface area contributed by atoms with E-state index >= 15 is 0 Å². The van der Waals surface area contributed by atoms with Gasteiger partial charge < -0.3 is 14.8 Å². The van der Waals surface area contributed by atoms with Gasteiger partial charge in [0.05, 0.1) is 18.3 Å². The molecule has 6 rings (SSSR count). The van der Waals surface area contributed by atoms with Crippen LogP contribution in [-0.2, 0) is 19.4 Å². The number of amides is 2. The van der Waals surface area contributed by atoms with Crippen molar-refractivity contribution in [2.45, 2.75) is 52.1 Å². The fraction of sp³-hybridized carbons (Fsp3) is 0.276. The highest BCUT2D eigenvalue weighted by atomic mass is 32.1. The minimum Gasteiger partial charge on any atom is -0.310 e. The van der Waals surface area contributed by atoms with Crippen LogP contribution in [0, 0.1) is 19.7 Å². The molecule has 1 N–H and O–H groups in total. The molecule has 0 spiro atoms. The van der Waals surface area contributed by atoms with Gasteiger partial charge in [0.1, 0.15) is 10.8 Å². The Morgan fingerprint density at radius 1 is 1.03 bits per heavy atom. The van der Waals surface area contributed by atoms with E-state index in [-0.39, 0.29) is 17.9 Å². The van der Waals surface area contributed by atoms with Crippen LogP contribution in [-0.4, -0.2) is 15.5 Å². The van der Waals surface area contributed by atoms with E-state index in [1.54, 1.807) is 12.1 Å². The van der Waals surface area contributed by atoms with E-state index in [1.165, 1.54) is 46.0 Å². The lowest BCUT2D eigenvalue weighted by Crippen LogP contribution is -2.38. The minimum absolute atomic E-state index is 0.149. The summed E-state index contributed by atoms with van der Waals surface area (Å²) >= 11 is 1.86. The summed E-state index contributed by atoms with van der Waals surface area (Å²) in [7, 11) is 0. The highest BCUT2D eigenvalue weighted by molar-refractivity contribution is 7.15. The predicted octanol–water partition coefficient (Wildman–Crippen LogP) is 7.31. The van der Waals surface area contributed by atoms with Crippen LogP contribution < -0.4 is 5.32 Å². The molecule has 2 aliphatic rings. The number of fused-ring (bicyclic) bond motifs is 5. The van der Waals surface area contributed by atoms with Crippen LogP contribution in [0.15, 0.2) is 60.8 Å². The molecular formula is C29H28FN3OS. The van der Waals surface area contributed by atoms with Crippen LogP contribution in [0.5, 0.6) is 0 Å². The van der Waals surface area contributed by atoms with Crippen molar-refractivity contribution < 1.29 is 9.18 Å². The van der Waals surface area contributed by atoms with Gasteiger partial charge in [-0.3, -0.25) is 0 Å². The quantitative estimate of drug-likeness (QED) is 0.318. The lowest BCUT2D eigenvalue weighted by molar-refractivity contribution is 0.194. The number of halogens is 1. The first-order valence-electron chi connectivity index (χ1n) is 12.2. The first kappa shape index (κ1) is 22.1. The number of rotatable bonds is 2. The third-order valence-electron chi connectivity index (χ3n) is 7.26. The molecule has 1 aliphatic heterocycles. The van der Waals surface area contributed by atoms with E-state index in [0.717, 1.165) is 40.9 Å². The highest BCUT2D eigenvalue weighted by Gasteiger charge is 2.36. The summed E-state index contributed by atoms with van der Waals surface area (Å²) in [6.07, 6.45) is 6.68. The van der Waals surface area contributed by atoms with Gasteiger partial charge in [-0.15, -0.1) is 11.3 Å². The van der Waals surface area contributed by atoms with Crippen molar-refractivity contribution in [2.75, 3.05) is 5.32 Å². The predicted molar refractivity (Wildman–Crippen MR) is 139 cm³/mol. The Bertz CT molecular complexity index is 1420. The van der Waals surface area contributed by atoms with Crippen molar-refractivity contribution in [3.63, 3.8) is 0 Å². The number of benzene rings is 2. The first-order valence-corrected chi connectivity index (χ1v) is 13.0. The largest absolute Gasteiger partial charge is 0.322 e. The number of nitrogens with zero attached hydrogens (tertiary/aromatic N) is 2. The number of aryl methyl sites for hydroxylation is 3. The van der Waals surface area contributed by atoms with Crippen molar-refractivity contribution in [3.8, 4) is 5.00 Å². The zero-order valence-electron chi connectivity index (χ0n) is 20.0. The van der Waals surface area contributed by atoms with Crippen LogP contribution >= 0.6 is 11.3 Å². The Hall–Kier alpha value is -3.38. The number of anilines is 1. The number of aromatic nitrogens is 1. The maximum absolute atomic E-state index is 14.0. The molecule has 4 nitrogen and oxygen atoms in total. The summed E-state index contributed by atoms with van der Waals surface area (Å²) in [6.45, 7) is 4.55. The SMILES string of the molecule is Cc1ccc(C)c(NC(=O)N2Cc3c(sc4c3CCCC4)-n3cccc3C2c2ccc(F)cc2)c1. The number of carbonyl (C=O) groups is 1. The summed E-state index contributed by atoms with van der Waals surface area (Å²) in [4.78, 5) is 17.4. The third-order valence-corrected chi connectivity index (χ3v) is 8.59. The average molecular weight is 486 g/mol. The molecule has 35 heavy (non-hydrogen) atoms. The summed E-state index contributed by atoms with van der Waals surface area (Å²) < 4.78 is 16.1. The molecule has 6 heteroatoms. The second-order valence-electron chi connectivity index (χ2n) is 9.63. The molecule has 178 valence electrons. The number of hydrogen-bond acceptors (Lipinski definition) is 2. The topological polar surface area (TPSA) is 37.3 Å². The first-order chi connectivity index (χ1) is 17.0. The molecule has 0 saturated carbocycles. The maximum Gasteiger partial charge on any atom is 0.322 e. The van der Waals surface area contributed by atoms with E-state index in [9.17, 15) is 9.18 Å². The Balaban J connectivity index is 1.50. The van der Waals surface area contributed by atoms with E-state index in [0.29, 0.717) is 6.54 Å². The van der Waals surface area contributed by atoms with Gasteiger partial charge in [-0.05, 0) is 92.1 Å². The Labute approximate surface area is 209 Å². The second kappa shape index (κ2) is 8.68. The van der Waals surface area contributed by atoms with Crippen LogP contribution in [0.2, 0.25) is 0 Å². The van der Waals surface area contributed by atoms with E-state index in [2.05, 4.69) is 28.2 Å². The Morgan fingerprint density at radius 3 is 2.66 bits per heavy atom. The standard InChI is InChI=1S/C29H28FN3OS/c1-18-9-10-19(2)24(16-18)31-29(34)33-17-23-22-6-3-4-8-26(22)35-28(23)32-15-5-7-25(32)27(33)20-11-13-21(30)14-12-20/h5,7,9-16,27H,3-4,6,8,17H2,1-2H3,(H,31,34). The molecular weight excluding hydrogens is 457 g/mol. The number of thiophene rings is 1. The van der Waals surface area contributed by atoms with Gasteiger partial charge in [-0.1, -0.05) is 24.3 Å². The van der Waals surface area contributed by atoms with E-state index in [4.69, 9.17) is 0 Å². The van der Waals surface area contributed by atoms with E-state index < -0.39 is 0 Å². The van der Waals surface area contributed by atoms with Crippen LogP contribution in [0.25, 0.3) is 5.00 Å². The summed E-state index contributed by atoms with van der Waals surface area (Å²) in [5.41, 5.74) is 7.52. The highest BCUT2D eigenvalue weighted by Crippen LogP contribution is 2.44. The van der Waals surface area contributed by atoms with Gasteiger partial charge in [-0.2, -0.15) is 0 Å². The third kappa shape index (κ3) is 3.86. The Kier molecular flexibility index (Phi) is 5.49. The molecule has 1 unspecified atom stereocenters. The fourth-order valence-corrected chi connectivity index (χ4v) is 6.84. The maximum atomic E-state index is 14.0.